The van der Waals surface area contributed by atoms with E-state index in [-0.39, 0.29) is 5.97 Å². The van der Waals surface area contributed by atoms with Crippen molar-refractivity contribution in [3.63, 3.8) is 0 Å². The Hall–Kier alpha value is -3.07. The first-order valence-electron chi connectivity index (χ1n) is 11.5. The van der Waals surface area contributed by atoms with Crippen molar-refractivity contribution in [3.05, 3.63) is 76.2 Å². The highest BCUT2D eigenvalue weighted by atomic mass is 32.1. The van der Waals surface area contributed by atoms with Gasteiger partial charge < -0.3 is 14.2 Å². The summed E-state index contributed by atoms with van der Waals surface area (Å²) in [4.78, 5) is 24.5. The number of carbonyl (C=O) groups is 1. The Labute approximate surface area is 213 Å². The van der Waals surface area contributed by atoms with Gasteiger partial charge in [-0.3, -0.25) is 0 Å². The molecule has 4 rings (SSSR count). The van der Waals surface area contributed by atoms with Crippen LogP contribution in [0.1, 0.15) is 29.9 Å². The molecule has 0 aliphatic carbocycles. The van der Waals surface area contributed by atoms with Gasteiger partial charge in [-0.2, -0.15) is 0 Å². The van der Waals surface area contributed by atoms with Crippen LogP contribution in [0.3, 0.4) is 0 Å². The fourth-order valence-electron chi connectivity index (χ4n) is 3.53. The highest BCUT2D eigenvalue weighted by Gasteiger charge is 2.20. The molecule has 182 valence electrons. The maximum absolute atomic E-state index is 12.1. The minimum atomic E-state index is -0.597. The molecule has 0 fully saturated rings. The largest absolute Gasteiger partial charge is 0.488 e. The number of ether oxygens (including phenoxy) is 3. The van der Waals surface area contributed by atoms with E-state index >= 15 is 0 Å². The third-order valence-electron chi connectivity index (χ3n) is 5.33. The second-order valence-electron chi connectivity index (χ2n) is 7.82. The summed E-state index contributed by atoms with van der Waals surface area (Å²) in [5.41, 5.74) is 3.17. The first-order chi connectivity index (χ1) is 17.1. The zero-order chi connectivity index (χ0) is 24.6. The van der Waals surface area contributed by atoms with Crippen LogP contribution >= 0.6 is 22.7 Å². The van der Waals surface area contributed by atoms with Gasteiger partial charge in [0.25, 0.3) is 0 Å². The molecule has 4 aromatic rings. The summed E-state index contributed by atoms with van der Waals surface area (Å²) in [6.45, 7) is 6.99. The molecule has 1 unspecified atom stereocenters. The van der Waals surface area contributed by atoms with Crippen LogP contribution in [0.25, 0.3) is 21.1 Å². The Balaban J connectivity index is 1.36. The molecule has 0 bridgehead atoms. The molecule has 1 aromatic carbocycles. The van der Waals surface area contributed by atoms with Gasteiger partial charge in [0, 0.05) is 40.7 Å². The van der Waals surface area contributed by atoms with Crippen molar-refractivity contribution in [1.29, 1.82) is 0 Å². The predicted molar refractivity (Wildman–Crippen MR) is 140 cm³/mol. The van der Waals surface area contributed by atoms with Gasteiger partial charge in [0.05, 0.1) is 11.5 Å². The van der Waals surface area contributed by atoms with Crippen molar-refractivity contribution >= 4 is 28.6 Å². The lowest BCUT2D eigenvalue weighted by molar-refractivity contribution is -0.156. The van der Waals surface area contributed by atoms with Crippen molar-refractivity contribution in [2.24, 2.45) is 0 Å². The molecule has 0 N–H and O–H groups in total. The van der Waals surface area contributed by atoms with Gasteiger partial charge in [0.15, 0.2) is 11.9 Å². The predicted octanol–water partition coefficient (Wildman–Crippen LogP) is 6.33. The van der Waals surface area contributed by atoms with E-state index in [4.69, 9.17) is 14.2 Å². The van der Waals surface area contributed by atoms with Crippen LogP contribution in [0.15, 0.2) is 60.2 Å². The van der Waals surface area contributed by atoms with E-state index in [1.165, 1.54) is 0 Å². The van der Waals surface area contributed by atoms with Gasteiger partial charge in [-0.25, -0.2) is 14.8 Å². The van der Waals surface area contributed by atoms with E-state index in [1.807, 2.05) is 55.0 Å². The Morgan fingerprint density at radius 2 is 1.80 bits per heavy atom. The summed E-state index contributed by atoms with van der Waals surface area (Å²) in [6.07, 6.45) is 3.62. The lowest BCUT2D eigenvalue weighted by Gasteiger charge is -2.15. The highest BCUT2D eigenvalue weighted by molar-refractivity contribution is 7.15. The molecule has 0 saturated carbocycles. The third kappa shape index (κ3) is 6.54. The average molecular weight is 509 g/mol. The molecule has 1 atom stereocenters. The number of aryl methyl sites for hydroxylation is 1. The van der Waals surface area contributed by atoms with Crippen LogP contribution in [-0.2, 0) is 27.3 Å². The Morgan fingerprint density at radius 1 is 1.03 bits per heavy atom. The van der Waals surface area contributed by atoms with E-state index in [9.17, 15) is 4.79 Å². The van der Waals surface area contributed by atoms with E-state index < -0.39 is 6.10 Å². The van der Waals surface area contributed by atoms with Crippen molar-refractivity contribution in [2.45, 2.75) is 39.9 Å². The summed E-state index contributed by atoms with van der Waals surface area (Å²) in [5.74, 6) is 1.16. The van der Waals surface area contributed by atoms with Gasteiger partial charge in [0.2, 0.25) is 0 Å². The number of thiophene rings is 2. The maximum Gasteiger partial charge on any atom is 0.335 e. The SMILES string of the molecule is CCOC(=O)C(Cc1ccc(OCc2sc(-c3ncc(-c4cccs4)cn3)cc2C)cc1)OCC. The normalized spacial score (nSPS) is 11.9. The van der Waals surface area contributed by atoms with Crippen LogP contribution in [-0.4, -0.2) is 35.3 Å². The van der Waals surface area contributed by atoms with Crippen molar-refractivity contribution in [3.8, 4) is 26.9 Å². The maximum atomic E-state index is 12.1. The standard InChI is InChI=1S/C27H28N2O4S2/c1-4-31-22(27(30)32-5-2)14-19-8-10-21(11-9-19)33-17-25-18(3)13-24(35-25)26-28-15-20(16-29-26)23-7-6-12-34-23/h6-13,15-16,22H,4-5,14,17H2,1-3H3. The molecule has 3 heterocycles. The molecule has 0 radical (unpaired) electrons. The van der Waals surface area contributed by atoms with Gasteiger partial charge in [-0.15, -0.1) is 22.7 Å². The highest BCUT2D eigenvalue weighted by Crippen LogP contribution is 2.31. The second-order valence-corrected chi connectivity index (χ2v) is 9.91. The van der Waals surface area contributed by atoms with E-state index in [0.717, 1.165) is 42.9 Å². The lowest BCUT2D eigenvalue weighted by atomic mass is 10.1. The first kappa shape index (κ1) is 25.0. The zero-order valence-electron chi connectivity index (χ0n) is 20.0. The van der Waals surface area contributed by atoms with Crippen LogP contribution in [0.4, 0.5) is 0 Å². The summed E-state index contributed by atoms with van der Waals surface area (Å²) in [5, 5.41) is 2.05. The summed E-state index contributed by atoms with van der Waals surface area (Å²) in [6, 6.07) is 13.9. The topological polar surface area (TPSA) is 70.5 Å². The minimum absolute atomic E-state index is 0.330. The number of carbonyl (C=O) groups excluding carboxylic acids is 1. The van der Waals surface area contributed by atoms with Crippen molar-refractivity contribution in [1.82, 2.24) is 9.97 Å². The van der Waals surface area contributed by atoms with Crippen molar-refractivity contribution < 1.29 is 19.0 Å². The molecule has 35 heavy (non-hydrogen) atoms. The van der Waals surface area contributed by atoms with Crippen LogP contribution < -0.4 is 4.74 Å². The van der Waals surface area contributed by atoms with Crippen LogP contribution in [0.5, 0.6) is 5.75 Å². The summed E-state index contributed by atoms with van der Waals surface area (Å²) in [7, 11) is 0. The lowest BCUT2D eigenvalue weighted by Crippen LogP contribution is -2.28. The zero-order valence-corrected chi connectivity index (χ0v) is 21.7. The quantitative estimate of drug-likeness (QED) is 0.220. The van der Waals surface area contributed by atoms with Gasteiger partial charge >= 0.3 is 5.97 Å². The Bertz CT molecular complexity index is 1220. The third-order valence-corrected chi connectivity index (χ3v) is 7.46. The van der Waals surface area contributed by atoms with Crippen LogP contribution in [0.2, 0.25) is 0 Å². The number of benzene rings is 1. The second kappa shape index (κ2) is 12.1. The summed E-state index contributed by atoms with van der Waals surface area (Å²) >= 11 is 3.32. The number of hydrogen-bond donors (Lipinski definition) is 0. The molecule has 0 amide bonds. The van der Waals surface area contributed by atoms with Gasteiger partial charge in [0.1, 0.15) is 12.4 Å². The molecule has 3 aromatic heterocycles. The first-order valence-corrected chi connectivity index (χ1v) is 13.2. The molecular formula is C27H28N2O4S2. The number of nitrogens with zero attached hydrogens (tertiary/aromatic N) is 2. The molecule has 0 saturated heterocycles. The fourth-order valence-corrected chi connectivity index (χ4v) is 5.27. The average Bonchev–Trinajstić information content (AvgIpc) is 3.54. The molecule has 0 spiro atoms. The Kier molecular flexibility index (Phi) is 8.63. The molecular weight excluding hydrogens is 480 g/mol. The minimum Gasteiger partial charge on any atom is -0.488 e. The monoisotopic (exact) mass is 508 g/mol. The van der Waals surface area contributed by atoms with Crippen LogP contribution in [0, 0.1) is 6.92 Å². The molecule has 6 nitrogen and oxygen atoms in total. The number of hydrogen-bond acceptors (Lipinski definition) is 8. The van der Waals surface area contributed by atoms with E-state index in [0.29, 0.717) is 26.2 Å². The van der Waals surface area contributed by atoms with E-state index in [2.05, 4.69) is 29.0 Å². The van der Waals surface area contributed by atoms with Crippen molar-refractivity contribution in [2.75, 3.05) is 13.2 Å². The molecule has 0 aliphatic rings. The number of aromatic nitrogens is 2. The smallest absolute Gasteiger partial charge is 0.335 e. The van der Waals surface area contributed by atoms with Gasteiger partial charge in [-0.05, 0) is 61.5 Å². The Morgan fingerprint density at radius 3 is 2.46 bits per heavy atom. The summed E-state index contributed by atoms with van der Waals surface area (Å²) < 4.78 is 16.7. The van der Waals surface area contributed by atoms with Gasteiger partial charge in [-0.1, -0.05) is 18.2 Å². The molecule has 0 aliphatic heterocycles. The number of esters is 1. The number of rotatable bonds is 11. The van der Waals surface area contributed by atoms with E-state index in [1.54, 1.807) is 29.6 Å². The fraction of sp³-hybridized carbons (Fsp3) is 0.296. The molecule has 8 heteroatoms.